The van der Waals surface area contributed by atoms with Crippen LogP contribution in [0, 0.1) is 0 Å². The van der Waals surface area contributed by atoms with Gasteiger partial charge < -0.3 is 10.8 Å². The van der Waals surface area contributed by atoms with Crippen molar-refractivity contribution in [2.45, 2.75) is 17.5 Å². The first-order valence-electron chi connectivity index (χ1n) is 4.65. The average molecular weight is 251 g/mol. The molecule has 2 nitrogen and oxygen atoms in total. The van der Waals surface area contributed by atoms with Crippen LogP contribution in [0.3, 0.4) is 0 Å². The molecule has 0 spiro atoms. The van der Waals surface area contributed by atoms with E-state index in [2.05, 4.69) is 0 Å². The van der Waals surface area contributed by atoms with Crippen LogP contribution in [-0.4, -0.2) is 17.5 Å². The van der Waals surface area contributed by atoms with E-state index < -0.39 is 11.7 Å². The fourth-order valence-corrected chi connectivity index (χ4v) is 1.99. The summed E-state index contributed by atoms with van der Waals surface area (Å²) in [5.74, 6) is 0.631. The summed E-state index contributed by atoms with van der Waals surface area (Å²) in [6, 6.07) is 3.30. The minimum atomic E-state index is -4.36. The van der Waals surface area contributed by atoms with Crippen LogP contribution in [0.1, 0.15) is 12.0 Å². The van der Waals surface area contributed by atoms with E-state index >= 15 is 0 Å². The summed E-state index contributed by atoms with van der Waals surface area (Å²) in [5.41, 5.74) is 4.90. The second-order valence-electron chi connectivity index (χ2n) is 3.18. The number of rotatable bonds is 4. The van der Waals surface area contributed by atoms with Crippen molar-refractivity contribution in [3.05, 3.63) is 23.8 Å². The van der Waals surface area contributed by atoms with Gasteiger partial charge >= 0.3 is 6.18 Å². The normalized spacial score (nSPS) is 11.8. The molecule has 1 aromatic rings. The van der Waals surface area contributed by atoms with Gasteiger partial charge in [0.05, 0.1) is 5.56 Å². The molecule has 0 aromatic heterocycles. The Balaban J connectivity index is 2.76. The van der Waals surface area contributed by atoms with Crippen molar-refractivity contribution in [3.63, 3.8) is 0 Å². The number of benzene rings is 1. The Hall–Kier alpha value is -0.880. The maximum atomic E-state index is 12.3. The second kappa shape index (κ2) is 5.45. The Kier molecular flexibility index (Phi) is 4.49. The monoisotopic (exact) mass is 251 g/mol. The summed E-state index contributed by atoms with van der Waals surface area (Å²) in [4.78, 5) is 0.612. The molecule has 0 saturated heterocycles. The van der Waals surface area contributed by atoms with Crippen molar-refractivity contribution in [3.8, 4) is 0 Å². The zero-order chi connectivity index (χ0) is 12.2. The number of aliphatic hydroxyl groups excluding tert-OH is 1. The third kappa shape index (κ3) is 3.61. The van der Waals surface area contributed by atoms with Crippen LogP contribution < -0.4 is 5.73 Å². The van der Waals surface area contributed by atoms with Crippen molar-refractivity contribution in [2.75, 3.05) is 18.1 Å². The van der Waals surface area contributed by atoms with Crippen molar-refractivity contribution in [2.24, 2.45) is 0 Å². The number of nitrogen functional groups attached to an aromatic ring is 1. The highest BCUT2D eigenvalue weighted by molar-refractivity contribution is 7.99. The molecule has 0 atom stereocenters. The Labute approximate surface area is 95.6 Å². The molecule has 0 aliphatic carbocycles. The Morgan fingerprint density at radius 3 is 2.50 bits per heavy atom. The fraction of sp³-hybridized carbons (Fsp3) is 0.400. The van der Waals surface area contributed by atoms with Gasteiger partial charge in [0.15, 0.2) is 0 Å². The van der Waals surface area contributed by atoms with Gasteiger partial charge in [-0.1, -0.05) is 0 Å². The zero-order valence-corrected chi connectivity index (χ0v) is 9.24. The van der Waals surface area contributed by atoms with Gasteiger partial charge in [-0.3, -0.25) is 0 Å². The number of alkyl halides is 3. The van der Waals surface area contributed by atoms with E-state index in [0.29, 0.717) is 17.1 Å². The predicted molar refractivity (Wildman–Crippen MR) is 58.3 cm³/mol. The third-order valence-electron chi connectivity index (χ3n) is 1.90. The van der Waals surface area contributed by atoms with E-state index in [1.165, 1.54) is 17.8 Å². The quantitative estimate of drug-likeness (QED) is 0.491. The molecule has 3 N–H and O–H groups in total. The molecule has 90 valence electrons. The van der Waals surface area contributed by atoms with Crippen molar-refractivity contribution >= 4 is 17.4 Å². The highest BCUT2D eigenvalue weighted by atomic mass is 32.2. The molecule has 0 heterocycles. The van der Waals surface area contributed by atoms with Gasteiger partial charge in [0.1, 0.15) is 0 Å². The van der Waals surface area contributed by atoms with Gasteiger partial charge in [0.2, 0.25) is 0 Å². The van der Waals surface area contributed by atoms with Crippen molar-refractivity contribution in [1.82, 2.24) is 0 Å². The van der Waals surface area contributed by atoms with E-state index in [9.17, 15) is 13.2 Å². The molecule has 0 amide bonds. The van der Waals surface area contributed by atoms with E-state index in [0.717, 1.165) is 12.1 Å². The fourth-order valence-electron chi connectivity index (χ4n) is 1.10. The molecule has 0 radical (unpaired) electrons. The maximum Gasteiger partial charge on any atom is 0.416 e. The SMILES string of the molecule is Nc1cc(C(F)(F)F)ccc1SCCCO. The van der Waals surface area contributed by atoms with Crippen LogP contribution in [0.4, 0.5) is 18.9 Å². The summed E-state index contributed by atoms with van der Waals surface area (Å²) in [7, 11) is 0. The van der Waals surface area contributed by atoms with Crippen LogP contribution in [0.25, 0.3) is 0 Å². The maximum absolute atomic E-state index is 12.3. The Morgan fingerprint density at radius 1 is 1.31 bits per heavy atom. The average Bonchev–Trinajstić information content (AvgIpc) is 2.19. The number of hydrogen-bond donors (Lipinski definition) is 2. The Bertz CT molecular complexity index is 354. The number of aliphatic hydroxyl groups is 1. The second-order valence-corrected chi connectivity index (χ2v) is 4.31. The van der Waals surface area contributed by atoms with Crippen molar-refractivity contribution < 1.29 is 18.3 Å². The van der Waals surface area contributed by atoms with Gasteiger partial charge in [0.25, 0.3) is 0 Å². The molecule has 0 fully saturated rings. The lowest BCUT2D eigenvalue weighted by atomic mass is 10.2. The summed E-state index contributed by atoms with van der Waals surface area (Å²) in [6.07, 6.45) is -3.77. The van der Waals surface area contributed by atoms with Crippen LogP contribution in [0.15, 0.2) is 23.1 Å². The van der Waals surface area contributed by atoms with Gasteiger partial charge in [-0.25, -0.2) is 0 Å². The lowest BCUT2D eigenvalue weighted by Gasteiger charge is -2.10. The molecule has 1 aromatic carbocycles. The lowest BCUT2D eigenvalue weighted by Crippen LogP contribution is -2.05. The van der Waals surface area contributed by atoms with E-state index in [-0.39, 0.29) is 12.3 Å². The largest absolute Gasteiger partial charge is 0.416 e. The highest BCUT2D eigenvalue weighted by Gasteiger charge is 2.30. The number of thioether (sulfide) groups is 1. The molecule has 0 unspecified atom stereocenters. The summed E-state index contributed by atoms with van der Waals surface area (Å²) in [5, 5.41) is 8.57. The summed E-state index contributed by atoms with van der Waals surface area (Å²) >= 11 is 1.34. The van der Waals surface area contributed by atoms with Crippen LogP contribution in [-0.2, 0) is 6.18 Å². The topological polar surface area (TPSA) is 46.2 Å². The Morgan fingerprint density at radius 2 is 2.00 bits per heavy atom. The summed E-state index contributed by atoms with van der Waals surface area (Å²) in [6.45, 7) is 0.0630. The number of anilines is 1. The minimum Gasteiger partial charge on any atom is -0.398 e. The van der Waals surface area contributed by atoms with Gasteiger partial charge in [0, 0.05) is 22.9 Å². The molecule has 0 aliphatic rings. The van der Waals surface area contributed by atoms with Gasteiger partial charge in [-0.2, -0.15) is 13.2 Å². The van der Waals surface area contributed by atoms with E-state index in [4.69, 9.17) is 10.8 Å². The number of nitrogens with two attached hydrogens (primary N) is 1. The molecular formula is C10H12F3NOS. The van der Waals surface area contributed by atoms with E-state index in [1.54, 1.807) is 0 Å². The van der Waals surface area contributed by atoms with Crippen LogP contribution >= 0.6 is 11.8 Å². The molecule has 6 heteroatoms. The highest BCUT2D eigenvalue weighted by Crippen LogP contribution is 2.34. The van der Waals surface area contributed by atoms with Gasteiger partial charge in [-0.15, -0.1) is 11.8 Å². The smallest absolute Gasteiger partial charge is 0.398 e. The molecule has 1 rings (SSSR count). The van der Waals surface area contributed by atoms with Crippen LogP contribution in [0.2, 0.25) is 0 Å². The third-order valence-corrected chi connectivity index (χ3v) is 3.07. The lowest BCUT2D eigenvalue weighted by molar-refractivity contribution is -0.137. The first-order chi connectivity index (χ1) is 7.45. The van der Waals surface area contributed by atoms with Crippen LogP contribution in [0.5, 0.6) is 0 Å². The minimum absolute atomic E-state index is 0.0630. The number of hydrogen-bond acceptors (Lipinski definition) is 3. The van der Waals surface area contributed by atoms with Crippen molar-refractivity contribution in [1.29, 1.82) is 0 Å². The molecule has 0 aliphatic heterocycles. The predicted octanol–water partition coefficient (Wildman–Crippen LogP) is 2.76. The first-order valence-corrected chi connectivity index (χ1v) is 5.64. The summed E-state index contributed by atoms with van der Waals surface area (Å²) < 4.78 is 36.9. The standard InChI is InChI=1S/C10H12F3NOS/c11-10(12,13)7-2-3-9(8(14)6-7)16-5-1-4-15/h2-3,6,15H,1,4-5,14H2. The molecule has 16 heavy (non-hydrogen) atoms. The zero-order valence-electron chi connectivity index (χ0n) is 8.42. The number of halogens is 3. The molecular weight excluding hydrogens is 239 g/mol. The van der Waals surface area contributed by atoms with Gasteiger partial charge in [-0.05, 0) is 24.6 Å². The molecule has 0 saturated carbocycles. The molecule has 0 bridgehead atoms. The first kappa shape index (κ1) is 13.2. The van der Waals surface area contributed by atoms with E-state index in [1.807, 2.05) is 0 Å².